The maximum absolute atomic E-state index is 11.4. The van der Waals surface area contributed by atoms with Crippen molar-refractivity contribution in [3.63, 3.8) is 0 Å². The van der Waals surface area contributed by atoms with Crippen molar-refractivity contribution in [3.05, 3.63) is 23.9 Å². The number of carbonyl (C=O) groups is 1. The minimum absolute atomic E-state index is 0.0239. The SMILES string of the molecule is C[C@@H](N)c1ccc(N2CCC3NC(=O)CCC3C2)nc1. The van der Waals surface area contributed by atoms with E-state index in [0.29, 0.717) is 18.4 Å². The molecule has 2 aliphatic heterocycles. The Morgan fingerprint density at radius 2 is 2.30 bits per heavy atom. The second kappa shape index (κ2) is 5.40. The lowest BCUT2D eigenvalue weighted by atomic mass is 9.85. The second-order valence-corrected chi connectivity index (χ2v) is 5.95. The molecule has 5 heteroatoms. The number of carbonyl (C=O) groups excluding carboxylic acids is 1. The van der Waals surface area contributed by atoms with Crippen molar-refractivity contribution in [1.82, 2.24) is 10.3 Å². The van der Waals surface area contributed by atoms with Crippen LogP contribution in [-0.2, 0) is 4.79 Å². The van der Waals surface area contributed by atoms with Crippen molar-refractivity contribution in [3.8, 4) is 0 Å². The number of fused-ring (bicyclic) bond motifs is 1. The molecule has 2 fully saturated rings. The number of aromatic nitrogens is 1. The Morgan fingerprint density at radius 3 is 3.00 bits per heavy atom. The number of hydrogen-bond acceptors (Lipinski definition) is 4. The maximum Gasteiger partial charge on any atom is 0.220 e. The molecule has 0 aliphatic carbocycles. The molecule has 2 unspecified atom stereocenters. The number of piperidine rings is 2. The predicted molar refractivity (Wildman–Crippen MR) is 78.3 cm³/mol. The summed E-state index contributed by atoms with van der Waals surface area (Å²) in [5.41, 5.74) is 6.91. The number of nitrogens with two attached hydrogens (primary N) is 1. The van der Waals surface area contributed by atoms with Crippen molar-refractivity contribution < 1.29 is 4.79 Å². The van der Waals surface area contributed by atoms with E-state index < -0.39 is 0 Å². The molecule has 1 aromatic heterocycles. The van der Waals surface area contributed by atoms with Gasteiger partial charge in [-0.15, -0.1) is 0 Å². The zero-order valence-electron chi connectivity index (χ0n) is 11.9. The summed E-state index contributed by atoms with van der Waals surface area (Å²) >= 11 is 0. The van der Waals surface area contributed by atoms with E-state index in [-0.39, 0.29) is 11.9 Å². The van der Waals surface area contributed by atoms with Gasteiger partial charge in [0.05, 0.1) is 0 Å². The van der Waals surface area contributed by atoms with Gasteiger partial charge in [0.15, 0.2) is 0 Å². The molecule has 20 heavy (non-hydrogen) atoms. The van der Waals surface area contributed by atoms with Gasteiger partial charge in [-0.3, -0.25) is 4.79 Å². The van der Waals surface area contributed by atoms with Gasteiger partial charge < -0.3 is 16.0 Å². The molecular formula is C15H22N4O. The highest BCUT2D eigenvalue weighted by molar-refractivity contribution is 5.77. The lowest BCUT2D eigenvalue weighted by Gasteiger charge is -2.41. The number of hydrogen-bond donors (Lipinski definition) is 2. The molecule has 3 rings (SSSR count). The largest absolute Gasteiger partial charge is 0.356 e. The number of nitrogens with zero attached hydrogens (tertiary/aromatic N) is 2. The van der Waals surface area contributed by atoms with Gasteiger partial charge in [0, 0.05) is 37.8 Å². The molecule has 0 radical (unpaired) electrons. The summed E-state index contributed by atoms with van der Waals surface area (Å²) in [4.78, 5) is 18.3. The van der Waals surface area contributed by atoms with Crippen LogP contribution in [-0.4, -0.2) is 30.0 Å². The molecule has 3 atom stereocenters. The Balaban J connectivity index is 1.68. The maximum atomic E-state index is 11.4. The molecule has 5 nitrogen and oxygen atoms in total. The molecule has 2 aliphatic rings. The van der Waals surface area contributed by atoms with Crippen molar-refractivity contribution in [2.75, 3.05) is 18.0 Å². The molecule has 3 heterocycles. The van der Waals surface area contributed by atoms with Gasteiger partial charge in [-0.1, -0.05) is 6.07 Å². The second-order valence-electron chi connectivity index (χ2n) is 5.95. The zero-order valence-corrected chi connectivity index (χ0v) is 11.9. The van der Waals surface area contributed by atoms with E-state index in [0.717, 1.165) is 37.3 Å². The van der Waals surface area contributed by atoms with Crippen LogP contribution in [0.1, 0.15) is 37.8 Å². The average molecular weight is 274 g/mol. The van der Waals surface area contributed by atoms with Gasteiger partial charge in [-0.25, -0.2) is 4.98 Å². The van der Waals surface area contributed by atoms with E-state index in [9.17, 15) is 4.79 Å². The fourth-order valence-corrected chi connectivity index (χ4v) is 3.17. The zero-order chi connectivity index (χ0) is 14.1. The van der Waals surface area contributed by atoms with Crippen molar-refractivity contribution >= 4 is 11.7 Å². The summed E-state index contributed by atoms with van der Waals surface area (Å²) < 4.78 is 0. The molecule has 3 N–H and O–H groups in total. The Bertz CT molecular complexity index is 485. The van der Waals surface area contributed by atoms with Crippen molar-refractivity contribution in [2.24, 2.45) is 11.7 Å². The summed E-state index contributed by atoms with van der Waals surface area (Å²) in [5.74, 6) is 1.78. The van der Waals surface area contributed by atoms with E-state index in [1.165, 1.54) is 0 Å². The van der Waals surface area contributed by atoms with Crippen LogP contribution < -0.4 is 16.0 Å². The number of nitrogens with one attached hydrogen (secondary N) is 1. The smallest absolute Gasteiger partial charge is 0.220 e. The lowest BCUT2D eigenvalue weighted by Crippen LogP contribution is -2.54. The molecule has 108 valence electrons. The van der Waals surface area contributed by atoms with E-state index in [4.69, 9.17) is 5.73 Å². The molecule has 1 amide bonds. The number of anilines is 1. The van der Waals surface area contributed by atoms with Crippen LogP contribution in [0.2, 0.25) is 0 Å². The molecule has 0 spiro atoms. The fourth-order valence-electron chi connectivity index (χ4n) is 3.17. The molecular weight excluding hydrogens is 252 g/mol. The average Bonchev–Trinajstić information content (AvgIpc) is 2.47. The third-order valence-corrected chi connectivity index (χ3v) is 4.44. The summed E-state index contributed by atoms with van der Waals surface area (Å²) in [6.07, 6.45) is 4.53. The van der Waals surface area contributed by atoms with Crippen LogP contribution in [0.15, 0.2) is 18.3 Å². The van der Waals surface area contributed by atoms with Gasteiger partial charge in [0.1, 0.15) is 5.82 Å². The van der Waals surface area contributed by atoms with Gasteiger partial charge >= 0.3 is 0 Å². The number of pyridine rings is 1. The van der Waals surface area contributed by atoms with Crippen LogP contribution in [0.5, 0.6) is 0 Å². The Labute approximate surface area is 119 Å². The number of amides is 1. The van der Waals surface area contributed by atoms with E-state index in [2.05, 4.69) is 27.3 Å². The van der Waals surface area contributed by atoms with Crippen molar-refractivity contribution in [1.29, 1.82) is 0 Å². The van der Waals surface area contributed by atoms with E-state index in [1.807, 2.05) is 13.1 Å². The first-order chi connectivity index (χ1) is 9.63. The topological polar surface area (TPSA) is 71.2 Å². The van der Waals surface area contributed by atoms with Gasteiger partial charge in [0.2, 0.25) is 5.91 Å². The van der Waals surface area contributed by atoms with E-state index in [1.54, 1.807) is 0 Å². The molecule has 1 aromatic rings. The molecule has 0 aromatic carbocycles. The Morgan fingerprint density at radius 1 is 1.45 bits per heavy atom. The third-order valence-electron chi connectivity index (χ3n) is 4.44. The Hall–Kier alpha value is -1.62. The van der Waals surface area contributed by atoms with E-state index >= 15 is 0 Å². The summed E-state index contributed by atoms with van der Waals surface area (Å²) in [7, 11) is 0. The monoisotopic (exact) mass is 274 g/mol. The van der Waals surface area contributed by atoms with Crippen LogP contribution in [0.3, 0.4) is 0 Å². The summed E-state index contributed by atoms with van der Waals surface area (Å²) in [5, 5.41) is 3.11. The molecule has 0 saturated carbocycles. The van der Waals surface area contributed by atoms with Crippen LogP contribution >= 0.6 is 0 Å². The third kappa shape index (κ3) is 2.63. The lowest BCUT2D eigenvalue weighted by molar-refractivity contribution is -0.124. The summed E-state index contributed by atoms with van der Waals surface area (Å²) in [6, 6.07) is 4.49. The fraction of sp³-hybridized carbons (Fsp3) is 0.600. The minimum Gasteiger partial charge on any atom is -0.356 e. The standard InChI is InChI=1S/C15H22N4O/c1-10(16)11-2-4-14(17-8-11)19-7-6-13-12(9-19)3-5-15(20)18-13/h2,4,8,10,12-13H,3,5-7,9,16H2,1H3,(H,18,20)/t10-,12?,13?/m1/s1. The summed E-state index contributed by atoms with van der Waals surface area (Å²) in [6.45, 7) is 3.90. The predicted octanol–water partition coefficient (Wildman–Crippen LogP) is 1.21. The van der Waals surface area contributed by atoms with Crippen LogP contribution in [0.4, 0.5) is 5.82 Å². The van der Waals surface area contributed by atoms with Gasteiger partial charge in [0.25, 0.3) is 0 Å². The van der Waals surface area contributed by atoms with Crippen LogP contribution in [0.25, 0.3) is 0 Å². The number of rotatable bonds is 2. The van der Waals surface area contributed by atoms with Crippen LogP contribution in [0, 0.1) is 5.92 Å². The van der Waals surface area contributed by atoms with Crippen molar-refractivity contribution in [2.45, 2.75) is 38.3 Å². The quantitative estimate of drug-likeness (QED) is 0.850. The highest BCUT2D eigenvalue weighted by atomic mass is 16.1. The first kappa shape index (κ1) is 13.4. The first-order valence-electron chi connectivity index (χ1n) is 7.39. The first-order valence-corrected chi connectivity index (χ1v) is 7.39. The highest BCUT2D eigenvalue weighted by Crippen LogP contribution is 2.28. The molecule has 0 bridgehead atoms. The molecule has 2 saturated heterocycles. The normalized spacial score (nSPS) is 27.7. The van der Waals surface area contributed by atoms with Gasteiger partial charge in [-0.05, 0) is 37.3 Å². The minimum atomic E-state index is 0.0239. The van der Waals surface area contributed by atoms with Gasteiger partial charge in [-0.2, -0.15) is 0 Å². The Kier molecular flexibility index (Phi) is 3.61. The highest BCUT2D eigenvalue weighted by Gasteiger charge is 2.34.